The van der Waals surface area contributed by atoms with Gasteiger partial charge in [-0.25, -0.2) is 4.79 Å². The van der Waals surface area contributed by atoms with Crippen molar-refractivity contribution >= 4 is 17.8 Å². The number of nitrogens with zero attached hydrogens (tertiary/aromatic N) is 2. The van der Waals surface area contributed by atoms with E-state index in [1.807, 2.05) is 65.7 Å². The molecule has 0 aliphatic heterocycles. The number of hydrogen-bond donors (Lipinski definition) is 1. The zero-order valence-electron chi connectivity index (χ0n) is 23.8. The first-order valence-corrected chi connectivity index (χ1v) is 12.8. The van der Waals surface area contributed by atoms with Crippen molar-refractivity contribution in [1.82, 2.24) is 15.1 Å². The van der Waals surface area contributed by atoms with E-state index in [1.165, 1.54) is 0 Å². The number of carbonyl (C=O) groups excluding carboxylic acids is 3. The highest BCUT2D eigenvalue weighted by Gasteiger charge is 2.48. The van der Waals surface area contributed by atoms with E-state index in [2.05, 4.69) is 17.4 Å². The molecule has 1 aromatic rings. The van der Waals surface area contributed by atoms with Crippen LogP contribution in [0, 0.1) is 11.3 Å². The van der Waals surface area contributed by atoms with Gasteiger partial charge in [0.2, 0.25) is 11.8 Å². The largest absolute Gasteiger partial charge is 0.463 e. The first-order chi connectivity index (χ1) is 16.7. The van der Waals surface area contributed by atoms with Crippen LogP contribution in [0.2, 0.25) is 0 Å². The Hall–Kier alpha value is -2.67. The van der Waals surface area contributed by atoms with Gasteiger partial charge in [0.25, 0.3) is 0 Å². The molecule has 1 unspecified atom stereocenters. The number of hydrogen-bond acceptors (Lipinski definition) is 5. The summed E-state index contributed by atoms with van der Waals surface area (Å²) in [7, 11) is 5.58. The third-order valence-corrected chi connectivity index (χ3v) is 7.25. The summed E-state index contributed by atoms with van der Waals surface area (Å²) in [6, 6.07) is 7.06. The van der Waals surface area contributed by atoms with Crippen molar-refractivity contribution in [3.63, 3.8) is 0 Å². The Labute approximate surface area is 217 Å². The molecule has 7 heteroatoms. The molecule has 0 saturated carbocycles. The van der Waals surface area contributed by atoms with E-state index in [0.29, 0.717) is 25.0 Å². The van der Waals surface area contributed by atoms with Crippen LogP contribution < -0.4 is 5.32 Å². The molecule has 1 N–H and O–H groups in total. The smallest absolute Gasteiger partial charge is 0.333 e. The maximum Gasteiger partial charge on any atom is 0.333 e. The van der Waals surface area contributed by atoms with Gasteiger partial charge in [0.1, 0.15) is 11.6 Å². The number of carbonyl (C=O) groups is 3. The van der Waals surface area contributed by atoms with Gasteiger partial charge in [0, 0.05) is 25.5 Å². The van der Waals surface area contributed by atoms with Crippen LogP contribution in [0.3, 0.4) is 0 Å². The van der Waals surface area contributed by atoms with Gasteiger partial charge in [-0.2, -0.15) is 0 Å². The maximum absolute atomic E-state index is 13.9. The van der Waals surface area contributed by atoms with Crippen molar-refractivity contribution in [3.8, 4) is 0 Å². The maximum atomic E-state index is 13.9. The van der Waals surface area contributed by atoms with Crippen LogP contribution in [0.5, 0.6) is 0 Å². The first kappa shape index (κ1) is 29.6. The molecular formula is C29H45N3O4. The van der Waals surface area contributed by atoms with E-state index in [-0.39, 0.29) is 23.8 Å². The van der Waals surface area contributed by atoms with Crippen LogP contribution in [0.25, 0.3) is 0 Å². The SMILES string of the molecule is CCOC(=O)/C(C)=C/[C@H](C(C)C)N(C)C(=O)C(NC(=O)C1(N(C)C)Cc2ccccc2C1)C(C)(C)C. The van der Waals surface area contributed by atoms with Crippen molar-refractivity contribution in [1.29, 1.82) is 0 Å². The van der Waals surface area contributed by atoms with Crippen LogP contribution in [0.4, 0.5) is 0 Å². The molecule has 0 bridgehead atoms. The summed E-state index contributed by atoms with van der Waals surface area (Å²) in [4.78, 5) is 43.7. The second kappa shape index (κ2) is 11.6. The minimum Gasteiger partial charge on any atom is -0.463 e. The summed E-state index contributed by atoms with van der Waals surface area (Å²) in [5, 5.41) is 3.14. The van der Waals surface area contributed by atoms with Gasteiger partial charge < -0.3 is 15.0 Å². The van der Waals surface area contributed by atoms with Crippen LogP contribution in [0.1, 0.15) is 59.6 Å². The summed E-state index contributed by atoms with van der Waals surface area (Å²) >= 11 is 0. The highest BCUT2D eigenvalue weighted by atomic mass is 16.5. The molecule has 0 heterocycles. The van der Waals surface area contributed by atoms with Gasteiger partial charge in [-0.1, -0.05) is 65.0 Å². The number of nitrogens with one attached hydrogen (secondary N) is 1. The van der Waals surface area contributed by atoms with E-state index in [0.717, 1.165) is 11.1 Å². The summed E-state index contributed by atoms with van der Waals surface area (Å²) in [6.45, 7) is 13.6. The topological polar surface area (TPSA) is 79.0 Å². The average Bonchev–Trinajstić information content (AvgIpc) is 3.20. The van der Waals surface area contributed by atoms with Crippen molar-refractivity contribution in [2.75, 3.05) is 27.7 Å². The van der Waals surface area contributed by atoms with E-state index in [4.69, 9.17) is 4.74 Å². The number of ether oxygens (including phenoxy) is 1. The highest BCUT2D eigenvalue weighted by molar-refractivity contribution is 5.94. The minimum absolute atomic E-state index is 0.0529. The summed E-state index contributed by atoms with van der Waals surface area (Å²) in [6.07, 6.45) is 2.98. The highest BCUT2D eigenvalue weighted by Crippen LogP contribution is 2.34. The van der Waals surface area contributed by atoms with Crippen LogP contribution >= 0.6 is 0 Å². The fourth-order valence-electron chi connectivity index (χ4n) is 4.86. The van der Waals surface area contributed by atoms with Crippen molar-refractivity contribution in [2.24, 2.45) is 11.3 Å². The molecule has 1 aromatic carbocycles. The summed E-state index contributed by atoms with van der Waals surface area (Å²) in [5.74, 6) is -0.674. The molecule has 2 rings (SSSR count). The Kier molecular flexibility index (Phi) is 9.52. The molecule has 7 nitrogen and oxygen atoms in total. The third kappa shape index (κ3) is 6.36. The van der Waals surface area contributed by atoms with Crippen LogP contribution in [0.15, 0.2) is 35.9 Å². The van der Waals surface area contributed by atoms with Gasteiger partial charge in [-0.15, -0.1) is 0 Å². The van der Waals surface area contributed by atoms with Gasteiger partial charge >= 0.3 is 5.97 Å². The fraction of sp³-hybridized carbons (Fsp3) is 0.621. The fourth-order valence-corrected chi connectivity index (χ4v) is 4.86. The van der Waals surface area contributed by atoms with E-state index >= 15 is 0 Å². The van der Waals surface area contributed by atoms with E-state index < -0.39 is 23.0 Å². The number of fused-ring (bicyclic) bond motifs is 1. The standard InChI is InChI=1S/C29H45N3O4/c1-11-36-26(34)20(4)16-23(19(2)3)32(10)25(33)24(28(5,6)7)30-27(35)29(31(8)9)17-21-14-12-13-15-22(21)18-29/h12-16,19,23-24H,11,17-18H2,1-10H3,(H,30,35)/b20-16+/t23-,24?/m1/s1. The molecule has 0 spiro atoms. The predicted molar refractivity (Wildman–Crippen MR) is 143 cm³/mol. The van der Waals surface area contributed by atoms with Gasteiger partial charge in [0.05, 0.1) is 12.6 Å². The number of rotatable bonds is 9. The molecule has 36 heavy (non-hydrogen) atoms. The minimum atomic E-state index is -0.760. The second-order valence-corrected chi connectivity index (χ2v) is 11.6. The van der Waals surface area contributed by atoms with E-state index in [1.54, 1.807) is 31.9 Å². The van der Waals surface area contributed by atoms with Crippen molar-refractivity contribution in [3.05, 3.63) is 47.0 Å². The number of likely N-dealkylation sites (N-methyl/N-ethyl adjacent to an activating group) is 2. The molecule has 1 aliphatic rings. The molecule has 2 atom stereocenters. The molecular weight excluding hydrogens is 454 g/mol. The predicted octanol–water partition coefficient (Wildman–Crippen LogP) is 3.61. The lowest BCUT2D eigenvalue weighted by molar-refractivity contribution is -0.143. The lowest BCUT2D eigenvalue weighted by atomic mass is 9.83. The molecule has 0 radical (unpaired) electrons. The quantitative estimate of drug-likeness (QED) is 0.415. The zero-order chi connectivity index (χ0) is 27.4. The molecule has 0 saturated heterocycles. The number of benzene rings is 1. The van der Waals surface area contributed by atoms with Gasteiger partial charge in [-0.05, 0) is 50.4 Å². The third-order valence-electron chi connectivity index (χ3n) is 7.25. The summed E-state index contributed by atoms with van der Waals surface area (Å²) < 4.78 is 5.12. The lowest BCUT2D eigenvalue weighted by Crippen LogP contribution is -2.63. The lowest BCUT2D eigenvalue weighted by Gasteiger charge is -2.41. The van der Waals surface area contributed by atoms with Crippen LogP contribution in [-0.2, 0) is 32.0 Å². The molecule has 200 valence electrons. The van der Waals surface area contributed by atoms with E-state index in [9.17, 15) is 14.4 Å². The normalized spacial score (nSPS) is 16.9. The number of amides is 2. The molecule has 0 fully saturated rings. The van der Waals surface area contributed by atoms with Crippen LogP contribution in [-0.4, -0.2) is 73.0 Å². The monoisotopic (exact) mass is 499 g/mol. The molecule has 1 aliphatic carbocycles. The average molecular weight is 500 g/mol. The zero-order valence-corrected chi connectivity index (χ0v) is 23.8. The molecule has 0 aromatic heterocycles. The Bertz CT molecular complexity index is 965. The summed E-state index contributed by atoms with van der Waals surface area (Å²) in [5.41, 5.74) is 1.50. The Morgan fingerprint density at radius 3 is 2.03 bits per heavy atom. The van der Waals surface area contributed by atoms with Crippen molar-refractivity contribution < 1.29 is 19.1 Å². The Morgan fingerprint density at radius 1 is 1.08 bits per heavy atom. The number of esters is 1. The van der Waals surface area contributed by atoms with Gasteiger partial charge in [0.15, 0.2) is 0 Å². The Balaban J connectivity index is 2.35. The Morgan fingerprint density at radius 2 is 1.61 bits per heavy atom. The molecule has 2 amide bonds. The van der Waals surface area contributed by atoms with Crippen molar-refractivity contribution in [2.45, 2.75) is 78.9 Å². The van der Waals surface area contributed by atoms with Gasteiger partial charge in [-0.3, -0.25) is 14.5 Å². The first-order valence-electron chi connectivity index (χ1n) is 12.8. The second-order valence-electron chi connectivity index (χ2n) is 11.6.